The Bertz CT molecular complexity index is 89.3. The van der Waals surface area contributed by atoms with Gasteiger partial charge >= 0.3 is 0 Å². The minimum Gasteiger partial charge on any atom is -0.330 e. The summed E-state index contributed by atoms with van der Waals surface area (Å²) in [6.07, 6.45) is 2.12. The summed E-state index contributed by atoms with van der Waals surface area (Å²) in [7, 11) is 0. The molecule has 0 aromatic heterocycles. The van der Waals surface area contributed by atoms with Gasteiger partial charge in [-0.1, -0.05) is 19.1 Å². The molecule has 0 amide bonds. The number of hydrogen-bond acceptors (Lipinski definition) is 2. The van der Waals surface area contributed by atoms with Crippen molar-refractivity contribution in [2.24, 2.45) is 5.73 Å². The van der Waals surface area contributed by atoms with Gasteiger partial charge in [0.15, 0.2) is 0 Å². The van der Waals surface area contributed by atoms with Gasteiger partial charge in [-0.2, -0.15) is 0 Å². The molecule has 0 atom stereocenters. The lowest BCUT2D eigenvalue weighted by Gasteiger charge is -2.03. The Hall–Kier alpha value is -0.340. The summed E-state index contributed by atoms with van der Waals surface area (Å²) in [6.45, 7) is 8.71. The second-order valence-electron chi connectivity index (χ2n) is 2.42. The zero-order valence-corrected chi connectivity index (χ0v) is 6.82. The molecule has 0 saturated heterocycles. The SMILES string of the molecule is C=C(CC)CNCCCN. The lowest BCUT2D eigenvalue weighted by molar-refractivity contribution is 0.681. The van der Waals surface area contributed by atoms with Crippen molar-refractivity contribution in [3.05, 3.63) is 12.2 Å². The number of nitrogens with two attached hydrogens (primary N) is 1. The Morgan fingerprint density at radius 2 is 2.30 bits per heavy atom. The normalized spacial score (nSPS) is 9.80. The lowest BCUT2D eigenvalue weighted by Crippen LogP contribution is -2.20. The molecular formula is C8H18N2. The van der Waals surface area contributed by atoms with Crippen molar-refractivity contribution in [1.82, 2.24) is 5.32 Å². The number of nitrogens with one attached hydrogen (secondary N) is 1. The zero-order valence-electron chi connectivity index (χ0n) is 6.82. The molecule has 0 radical (unpaired) electrons. The molecule has 0 fully saturated rings. The molecule has 0 aromatic carbocycles. The standard InChI is InChI=1S/C8H18N2/c1-3-8(2)7-10-6-4-5-9/h10H,2-7,9H2,1H3. The molecule has 60 valence electrons. The van der Waals surface area contributed by atoms with E-state index in [0.717, 1.165) is 32.5 Å². The van der Waals surface area contributed by atoms with Crippen molar-refractivity contribution < 1.29 is 0 Å². The molecule has 0 aliphatic carbocycles. The average Bonchev–Trinajstić information content (AvgIpc) is 1.98. The van der Waals surface area contributed by atoms with Crippen LogP contribution in [0.1, 0.15) is 19.8 Å². The van der Waals surface area contributed by atoms with E-state index >= 15 is 0 Å². The highest BCUT2D eigenvalue weighted by Crippen LogP contribution is 1.91. The molecule has 0 aliphatic heterocycles. The molecule has 0 aliphatic rings. The predicted molar refractivity (Wildman–Crippen MR) is 46.0 cm³/mol. The Balaban J connectivity index is 2.96. The minimum absolute atomic E-state index is 0.769. The van der Waals surface area contributed by atoms with Crippen molar-refractivity contribution in [3.8, 4) is 0 Å². The fraction of sp³-hybridized carbons (Fsp3) is 0.750. The van der Waals surface area contributed by atoms with Crippen molar-refractivity contribution in [3.63, 3.8) is 0 Å². The summed E-state index contributed by atoms with van der Waals surface area (Å²) in [4.78, 5) is 0. The maximum atomic E-state index is 5.32. The van der Waals surface area contributed by atoms with Crippen molar-refractivity contribution in [1.29, 1.82) is 0 Å². The van der Waals surface area contributed by atoms with Gasteiger partial charge in [-0.3, -0.25) is 0 Å². The number of rotatable bonds is 6. The molecule has 0 rings (SSSR count). The van der Waals surface area contributed by atoms with Crippen molar-refractivity contribution in [2.45, 2.75) is 19.8 Å². The van der Waals surface area contributed by atoms with E-state index in [1.165, 1.54) is 5.57 Å². The van der Waals surface area contributed by atoms with E-state index in [9.17, 15) is 0 Å². The van der Waals surface area contributed by atoms with Crippen LogP contribution in [0.2, 0.25) is 0 Å². The summed E-state index contributed by atoms with van der Waals surface area (Å²) in [5.41, 5.74) is 6.58. The van der Waals surface area contributed by atoms with Crippen LogP contribution < -0.4 is 11.1 Å². The van der Waals surface area contributed by atoms with Crippen LogP contribution in [0.4, 0.5) is 0 Å². The van der Waals surface area contributed by atoms with Gasteiger partial charge in [-0.25, -0.2) is 0 Å². The van der Waals surface area contributed by atoms with Crippen LogP contribution in [-0.2, 0) is 0 Å². The summed E-state index contributed by atoms with van der Waals surface area (Å²) < 4.78 is 0. The van der Waals surface area contributed by atoms with Gasteiger partial charge in [0.1, 0.15) is 0 Å². The van der Waals surface area contributed by atoms with E-state index in [2.05, 4.69) is 18.8 Å². The number of hydrogen-bond donors (Lipinski definition) is 2. The third-order valence-corrected chi connectivity index (χ3v) is 1.43. The first-order chi connectivity index (χ1) is 4.81. The monoisotopic (exact) mass is 142 g/mol. The highest BCUT2D eigenvalue weighted by atomic mass is 14.8. The maximum absolute atomic E-state index is 5.32. The Labute approximate surface area is 63.5 Å². The molecule has 0 unspecified atom stereocenters. The van der Waals surface area contributed by atoms with Crippen molar-refractivity contribution in [2.75, 3.05) is 19.6 Å². The molecule has 0 aromatic rings. The Morgan fingerprint density at radius 3 is 2.80 bits per heavy atom. The first-order valence-corrected chi connectivity index (χ1v) is 3.88. The van der Waals surface area contributed by atoms with Crippen LogP contribution in [0.5, 0.6) is 0 Å². The summed E-state index contributed by atoms with van der Waals surface area (Å²) in [5, 5.41) is 3.26. The third-order valence-electron chi connectivity index (χ3n) is 1.43. The second-order valence-corrected chi connectivity index (χ2v) is 2.42. The van der Waals surface area contributed by atoms with Gasteiger partial charge in [0.25, 0.3) is 0 Å². The van der Waals surface area contributed by atoms with Crippen LogP contribution in [0.15, 0.2) is 12.2 Å². The van der Waals surface area contributed by atoms with Gasteiger partial charge < -0.3 is 11.1 Å². The van der Waals surface area contributed by atoms with Gasteiger partial charge in [-0.15, -0.1) is 0 Å². The molecular weight excluding hydrogens is 124 g/mol. The summed E-state index contributed by atoms with van der Waals surface area (Å²) >= 11 is 0. The van der Waals surface area contributed by atoms with Gasteiger partial charge in [0.05, 0.1) is 0 Å². The molecule has 3 N–H and O–H groups in total. The lowest BCUT2D eigenvalue weighted by atomic mass is 10.2. The summed E-state index contributed by atoms with van der Waals surface area (Å²) in [5.74, 6) is 0. The van der Waals surface area contributed by atoms with E-state index in [4.69, 9.17) is 5.73 Å². The van der Waals surface area contributed by atoms with Crippen LogP contribution in [0, 0.1) is 0 Å². The first-order valence-electron chi connectivity index (χ1n) is 3.88. The molecule has 0 bridgehead atoms. The average molecular weight is 142 g/mol. The maximum Gasteiger partial charge on any atom is 0.0161 e. The highest BCUT2D eigenvalue weighted by molar-refractivity contribution is 4.94. The van der Waals surface area contributed by atoms with E-state index in [0.29, 0.717) is 0 Å². The van der Waals surface area contributed by atoms with Crippen molar-refractivity contribution >= 4 is 0 Å². The van der Waals surface area contributed by atoms with Crippen LogP contribution in [0.3, 0.4) is 0 Å². The van der Waals surface area contributed by atoms with Crippen LogP contribution in [-0.4, -0.2) is 19.6 Å². The predicted octanol–water partition coefficient (Wildman–Crippen LogP) is 0.891. The largest absolute Gasteiger partial charge is 0.330 e. The second kappa shape index (κ2) is 6.78. The molecule has 0 saturated carbocycles. The molecule has 2 heteroatoms. The molecule has 0 spiro atoms. The van der Waals surface area contributed by atoms with Gasteiger partial charge in [0, 0.05) is 6.54 Å². The van der Waals surface area contributed by atoms with Crippen LogP contribution in [0.25, 0.3) is 0 Å². The van der Waals surface area contributed by atoms with E-state index in [1.54, 1.807) is 0 Å². The molecule has 0 heterocycles. The Morgan fingerprint density at radius 1 is 1.60 bits per heavy atom. The summed E-state index contributed by atoms with van der Waals surface area (Å²) in [6, 6.07) is 0. The smallest absolute Gasteiger partial charge is 0.0161 e. The minimum atomic E-state index is 0.769. The van der Waals surface area contributed by atoms with E-state index < -0.39 is 0 Å². The fourth-order valence-corrected chi connectivity index (χ4v) is 0.617. The quantitative estimate of drug-likeness (QED) is 0.427. The van der Waals surface area contributed by atoms with Gasteiger partial charge in [-0.05, 0) is 25.9 Å². The Kier molecular flexibility index (Phi) is 6.55. The third kappa shape index (κ3) is 5.79. The van der Waals surface area contributed by atoms with E-state index in [1.807, 2.05) is 0 Å². The highest BCUT2D eigenvalue weighted by Gasteiger charge is 1.88. The fourth-order valence-electron chi connectivity index (χ4n) is 0.617. The topological polar surface area (TPSA) is 38.0 Å². The van der Waals surface area contributed by atoms with Crippen LogP contribution >= 0.6 is 0 Å². The van der Waals surface area contributed by atoms with E-state index in [-0.39, 0.29) is 0 Å². The molecule has 2 nitrogen and oxygen atoms in total. The first kappa shape index (κ1) is 9.66. The van der Waals surface area contributed by atoms with Gasteiger partial charge in [0.2, 0.25) is 0 Å². The zero-order chi connectivity index (χ0) is 7.82. The molecule has 10 heavy (non-hydrogen) atoms.